The van der Waals surface area contributed by atoms with Crippen LogP contribution in [0.2, 0.25) is 0 Å². The van der Waals surface area contributed by atoms with E-state index in [1.165, 1.54) is 99.8 Å². The minimum atomic E-state index is -0.165. The van der Waals surface area contributed by atoms with Crippen LogP contribution in [0.15, 0.2) is 237 Å². The Labute approximate surface area is 476 Å². The highest BCUT2D eigenvalue weighted by Crippen LogP contribution is 2.56. The van der Waals surface area contributed by atoms with E-state index in [2.05, 4.69) is 306 Å². The Balaban J connectivity index is 0.926. The maximum absolute atomic E-state index is 2.52. The quantitative estimate of drug-likeness (QED) is 0.158. The van der Waals surface area contributed by atoms with Crippen molar-refractivity contribution in [2.75, 3.05) is 9.80 Å². The molecule has 0 saturated heterocycles. The molecule has 0 bridgehead atoms. The van der Waals surface area contributed by atoms with E-state index in [-0.39, 0.29) is 21.7 Å². The molecule has 0 atom stereocenters. The van der Waals surface area contributed by atoms with Crippen molar-refractivity contribution in [3.63, 3.8) is 0 Å². The van der Waals surface area contributed by atoms with Crippen LogP contribution in [-0.4, -0.2) is 4.57 Å². The summed E-state index contributed by atoms with van der Waals surface area (Å²) < 4.78 is 2.46. The van der Waals surface area contributed by atoms with E-state index in [9.17, 15) is 0 Å². The highest BCUT2D eigenvalue weighted by molar-refractivity contribution is 6.12. The maximum Gasteiger partial charge on any atom is 0.0542 e. The highest BCUT2D eigenvalue weighted by atomic mass is 15.2. The number of anilines is 6. The number of hydrogen-bond acceptors (Lipinski definition) is 2. The first-order chi connectivity index (χ1) is 39.2. The summed E-state index contributed by atoms with van der Waals surface area (Å²) in [5.74, 6) is 0. The van der Waals surface area contributed by atoms with E-state index >= 15 is 0 Å². The second-order valence-corrected chi connectivity index (χ2v) is 25.3. The number of nitrogens with zero attached hydrogens (tertiary/aromatic N) is 3. The van der Waals surface area contributed by atoms with Crippen LogP contribution >= 0.6 is 0 Å². The van der Waals surface area contributed by atoms with E-state index in [1.54, 1.807) is 0 Å². The molecule has 390 valence electrons. The third kappa shape index (κ3) is 6.64. The molecule has 0 spiro atoms. The van der Waals surface area contributed by atoms with Crippen molar-refractivity contribution in [3.05, 3.63) is 281 Å². The second kappa shape index (κ2) is 16.7. The molecule has 0 saturated carbocycles. The van der Waals surface area contributed by atoms with Crippen molar-refractivity contribution in [1.82, 2.24) is 4.57 Å². The molecule has 4 aliphatic rings. The summed E-state index contributed by atoms with van der Waals surface area (Å²) in [6.07, 6.45) is 0. The van der Waals surface area contributed by atoms with Gasteiger partial charge in [0.05, 0.1) is 11.0 Å². The van der Waals surface area contributed by atoms with Crippen molar-refractivity contribution in [2.24, 2.45) is 0 Å². The minimum Gasteiger partial charge on any atom is -0.310 e. The normalized spacial score (nSPS) is 15.6. The molecule has 11 aromatic carbocycles. The smallest absolute Gasteiger partial charge is 0.0542 e. The third-order valence-corrected chi connectivity index (χ3v) is 19.6. The van der Waals surface area contributed by atoms with Crippen LogP contribution in [0.25, 0.3) is 72.0 Å². The summed E-state index contributed by atoms with van der Waals surface area (Å²) in [6, 6.07) is 89.9. The summed E-state index contributed by atoms with van der Waals surface area (Å²) in [5, 5.41) is 2.38. The summed E-state index contributed by atoms with van der Waals surface area (Å²) in [5.41, 5.74) is 31.1. The number of hydrogen-bond donors (Lipinski definition) is 0. The Morgan fingerprint density at radius 1 is 0.235 bits per heavy atom. The van der Waals surface area contributed by atoms with Crippen LogP contribution in [-0.2, 0) is 21.7 Å². The lowest BCUT2D eigenvalue weighted by Crippen LogP contribution is -2.18. The molecule has 3 nitrogen and oxygen atoms in total. The molecule has 1 heterocycles. The molecule has 0 amide bonds. The highest BCUT2D eigenvalue weighted by Gasteiger charge is 2.40. The summed E-state index contributed by atoms with van der Waals surface area (Å²) in [4.78, 5) is 5.04. The lowest BCUT2D eigenvalue weighted by Gasteiger charge is -2.30. The molecule has 4 aliphatic carbocycles. The Bertz CT molecular complexity index is 4170. The van der Waals surface area contributed by atoms with E-state index in [0.717, 1.165) is 50.8 Å². The third-order valence-electron chi connectivity index (χ3n) is 19.6. The predicted molar refractivity (Wildman–Crippen MR) is 340 cm³/mol. The maximum atomic E-state index is 2.52. The van der Waals surface area contributed by atoms with Gasteiger partial charge in [-0.15, -0.1) is 0 Å². The van der Waals surface area contributed by atoms with Gasteiger partial charge in [-0.25, -0.2) is 0 Å². The molecule has 16 rings (SSSR count). The zero-order valence-electron chi connectivity index (χ0n) is 47.4. The van der Waals surface area contributed by atoms with Gasteiger partial charge in [-0.1, -0.05) is 195 Å². The van der Waals surface area contributed by atoms with Gasteiger partial charge in [0, 0.05) is 72.2 Å². The fourth-order valence-corrected chi connectivity index (χ4v) is 15.4. The van der Waals surface area contributed by atoms with Crippen LogP contribution in [0.4, 0.5) is 34.1 Å². The monoisotopic (exact) mass is 1040 g/mol. The van der Waals surface area contributed by atoms with Crippen LogP contribution in [0, 0.1) is 0 Å². The van der Waals surface area contributed by atoms with Gasteiger partial charge >= 0.3 is 0 Å². The molecule has 12 aromatic rings. The van der Waals surface area contributed by atoms with Gasteiger partial charge in [0.15, 0.2) is 0 Å². The second-order valence-electron chi connectivity index (χ2n) is 25.3. The van der Waals surface area contributed by atoms with Crippen LogP contribution in [0.3, 0.4) is 0 Å². The molecular formula is C78H63N3. The van der Waals surface area contributed by atoms with E-state index in [4.69, 9.17) is 0 Å². The van der Waals surface area contributed by atoms with Gasteiger partial charge in [-0.05, 0) is 186 Å². The number of para-hydroxylation sites is 1. The van der Waals surface area contributed by atoms with Crippen LogP contribution in [0.5, 0.6) is 0 Å². The fourth-order valence-electron chi connectivity index (χ4n) is 15.4. The molecular weight excluding hydrogens is 979 g/mol. The Kier molecular flexibility index (Phi) is 9.85. The van der Waals surface area contributed by atoms with Gasteiger partial charge in [0.25, 0.3) is 0 Å². The zero-order chi connectivity index (χ0) is 54.9. The van der Waals surface area contributed by atoms with Crippen LogP contribution < -0.4 is 9.80 Å². The van der Waals surface area contributed by atoms with E-state index < -0.39 is 0 Å². The molecule has 0 fully saturated rings. The van der Waals surface area contributed by atoms with E-state index in [1.807, 2.05) is 0 Å². The van der Waals surface area contributed by atoms with Gasteiger partial charge in [0.1, 0.15) is 0 Å². The Morgan fingerprint density at radius 2 is 0.481 bits per heavy atom. The minimum absolute atomic E-state index is 0.165. The Morgan fingerprint density at radius 3 is 0.790 bits per heavy atom. The zero-order valence-corrected chi connectivity index (χ0v) is 47.4. The average molecular weight is 1040 g/mol. The number of rotatable bonds is 7. The molecule has 3 heteroatoms. The van der Waals surface area contributed by atoms with E-state index in [0.29, 0.717) is 0 Å². The fraction of sp³-hybridized carbons (Fsp3) is 0.154. The average Bonchev–Trinajstić information content (AvgIpc) is 4.15. The molecule has 0 radical (unpaired) electrons. The largest absolute Gasteiger partial charge is 0.310 e. The lowest BCUT2D eigenvalue weighted by atomic mass is 9.82. The van der Waals surface area contributed by atoms with Gasteiger partial charge in [0.2, 0.25) is 0 Å². The predicted octanol–water partition coefficient (Wildman–Crippen LogP) is 20.9. The molecule has 81 heavy (non-hydrogen) atoms. The molecule has 0 aliphatic heterocycles. The van der Waals surface area contributed by atoms with Gasteiger partial charge < -0.3 is 14.4 Å². The van der Waals surface area contributed by atoms with Crippen molar-refractivity contribution < 1.29 is 0 Å². The van der Waals surface area contributed by atoms with Crippen molar-refractivity contribution in [3.8, 4) is 50.2 Å². The first-order valence-electron chi connectivity index (χ1n) is 28.9. The summed E-state index contributed by atoms with van der Waals surface area (Å²) in [6.45, 7) is 19.1. The Hall–Kier alpha value is -9.18. The standard InChI is InChI=1S/C78H63N3/c1-75(2)65-26-16-12-22-55(65)59-36-30-51(44-69(59)75)79(52-31-37-60-56-23-13-17-27-66(56)76(3,4)70(60)45-52)49-34-40-73-63(42-49)64-43-50(35-41-74(64)81(73)48-20-10-9-11-21-48)80(53-32-38-61-57-24-14-18-28-67(57)77(5,6)71(61)46-53)54-33-39-62-58-25-15-19-29-68(58)78(7,8)72(62)47-54/h9-47H,1-8H3. The lowest BCUT2D eigenvalue weighted by molar-refractivity contribution is 0.659. The summed E-state index contributed by atoms with van der Waals surface area (Å²) >= 11 is 0. The SMILES string of the molecule is CC1(C)c2ccccc2-c2ccc(N(c3ccc4c(c3)C(C)(C)c3ccccc3-4)c3ccc4c(c3)c3cc(N(c5ccc6c(c5)C(C)(C)c5ccccc5-6)c5ccc6c(c5)C(C)(C)c5ccccc5-6)ccc3n4-c3ccccc3)cc21. The van der Waals surface area contributed by atoms with Crippen molar-refractivity contribution >= 4 is 55.9 Å². The molecule has 0 unspecified atom stereocenters. The van der Waals surface area contributed by atoms with Crippen molar-refractivity contribution in [2.45, 2.75) is 77.0 Å². The van der Waals surface area contributed by atoms with Gasteiger partial charge in [-0.2, -0.15) is 0 Å². The number of aromatic nitrogens is 1. The van der Waals surface area contributed by atoms with Gasteiger partial charge in [-0.3, -0.25) is 0 Å². The van der Waals surface area contributed by atoms with Crippen molar-refractivity contribution in [1.29, 1.82) is 0 Å². The molecule has 0 N–H and O–H groups in total. The first-order valence-corrected chi connectivity index (χ1v) is 28.9. The summed E-state index contributed by atoms with van der Waals surface area (Å²) in [7, 11) is 0. The van der Waals surface area contributed by atoms with Crippen LogP contribution in [0.1, 0.15) is 99.9 Å². The molecule has 1 aromatic heterocycles. The number of benzene rings is 11. The topological polar surface area (TPSA) is 11.4 Å². The number of fused-ring (bicyclic) bond motifs is 15. The first kappa shape index (κ1) is 47.8.